The van der Waals surface area contributed by atoms with Crippen molar-refractivity contribution in [2.75, 3.05) is 13.7 Å². The molecule has 2 heteroatoms. The molecular weight excluding hydrogens is 200 g/mol. The number of methoxy groups -OCH3 is 1. The molecule has 1 aliphatic rings. The van der Waals surface area contributed by atoms with Crippen molar-refractivity contribution < 1.29 is 9.84 Å². The first-order valence-electron chi connectivity index (χ1n) is 5.90. The maximum absolute atomic E-state index is 9.35. The fourth-order valence-corrected chi connectivity index (χ4v) is 2.88. The molecular formula is C14H20O2. The van der Waals surface area contributed by atoms with E-state index in [0.717, 1.165) is 12.2 Å². The first-order chi connectivity index (χ1) is 7.65. The van der Waals surface area contributed by atoms with Gasteiger partial charge in [-0.1, -0.05) is 26.0 Å². The number of hydrogen-bond acceptors (Lipinski definition) is 2. The molecule has 1 aromatic rings. The predicted octanol–water partition coefficient (Wildman–Crippen LogP) is 2.60. The van der Waals surface area contributed by atoms with Crippen LogP contribution in [0.3, 0.4) is 0 Å². The van der Waals surface area contributed by atoms with E-state index >= 15 is 0 Å². The van der Waals surface area contributed by atoms with E-state index in [0.29, 0.717) is 11.8 Å². The van der Waals surface area contributed by atoms with Gasteiger partial charge in [0, 0.05) is 12.0 Å². The maximum Gasteiger partial charge on any atom is 0.119 e. The van der Waals surface area contributed by atoms with Crippen molar-refractivity contribution in [2.45, 2.75) is 25.7 Å². The molecule has 1 aliphatic carbocycles. The Morgan fingerprint density at radius 1 is 1.50 bits per heavy atom. The summed E-state index contributed by atoms with van der Waals surface area (Å²) >= 11 is 0. The van der Waals surface area contributed by atoms with Crippen LogP contribution in [0.5, 0.6) is 5.75 Å². The van der Waals surface area contributed by atoms with Crippen molar-refractivity contribution >= 4 is 0 Å². The molecule has 0 aromatic heterocycles. The number of ether oxygens (including phenoxy) is 1. The van der Waals surface area contributed by atoms with Crippen LogP contribution in [0.1, 0.15) is 25.8 Å². The minimum Gasteiger partial charge on any atom is -0.497 e. The van der Waals surface area contributed by atoms with Gasteiger partial charge >= 0.3 is 0 Å². The van der Waals surface area contributed by atoms with E-state index in [4.69, 9.17) is 4.74 Å². The van der Waals surface area contributed by atoms with E-state index in [1.807, 2.05) is 12.1 Å². The van der Waals surface area contributed by atoms with E-state index in [-0.39, 0.29) is 12.0 Å². The van der Waals surface area contributed by atoms with Crippen LogP contribution in [-0.2, 0) is 5.41 Å². The van der Waals surface area contributed by atoms with Crippen LogP contribution >= 0.6 is 0 Å². The Bertz CT molecular complexity index is 373. The van der Waals surface area contributed by atoms with Gasteiger partial charge in [-0.15, -0.1) is 0 Å². The fourth-order valence-electron chi connectivity index (χ4n) is 2.88. The lowest BCUT2D eigenvalue weighted by atomic mass is 9.83. The molecule has 0 heterocycles. The lowest BCUT2D eigenvalue weighted by Gasteiger charge is -2.22. The van der Waals surface area contributed by atoms with E-state index in [1.54, 1.807) is 7.11 Å². The van der Waals surface area contributed by atoms with E-state index in [9.17, 15) is 5.11 Å². The highest BCUT2D eigenvalue weighted by Crippen LogP contribution is 2.59. The van der Waals surface area contributed by atoms with Gasteiger partial charge in [-0.05, 0) is 36.0 Å². The van der Waals surface area contributed by atoms with Crippen molar-refractivity contribution in [1.29, 1.82) is 0 Å². The summed E-state index contributed by atoms with van der Waals surface area (Å²) < 4.78 is 5.26. The van der Waals surface area contributed by atoms with Gasteiger partial charge in [0.05, 0.1) is 7.11 Å². The van der Waals surface area contributed by atoms with Gasteiger partial charge in [-0.3, -0.25) is 0 Å². The Labute approximate surface area is 97.3 Å². The van der Waals surface area contributed by atoms with Gasteiger partial charge in [-0.25, -0.2) is 0 Å². The van der Waals surface area contributed by atoms with Crippen molar-refractivity contribution in [3.8, 4) is 5.75 Å². The monoisotopic (exact) mass is 220 g/mol. The summed E-state index contributed by atoms with van der Waals surface area (Å²) in [5.74, 6) is 1.87. The summed E-state index contributed by atoms with van der Waals surface area (Å²) in [5, 5.41) is 9.35. The van der Waals surface area contributed by atoms with Crippen LogP contribution in [0.15, 0.2) is 24.3 Å². The molecule has 88 valence electrons. The Balaban J connectivity index is 2.34. The fraction of sp³-hybridized carbons (Fsp3) is 0.571. The number of benzene rings is 1. The minimum atomic E-state index is 0.170. The third kappa shape index (κ3) is 1.61. The molecule has 0 saturated heterocycles. The van der Waals surface area contributed by atoms with Gasteiger partial charge in [0.1, 0.15) is 5.75 Å². The van der Waals surface area contributed by atoms with Crippen LogP contribution in [0.25, 0.3) is 0 Å². The standard InChI is InChI=1S/C14H20O2/c1-10(2)14(8-12(14)9-15)11-5-4-6-13(7-11)16-3/h4-7,10,12,15H,8-9H2,1-3H3. The molecule has 2 nitrogen and oxygen atoms in total. The van der Waals surface area contributed by atoms with E-state index in [2.05, 4.69) is 26.0 Å². The van der Waals surface area contributed by atoms with Crippen molar-refractivity contribution in [1.82, 2.24) is 0 Å². The summed E-state index contributed by atoms with van der Waals surface area (Å²) in [6.45, 7) is 4.75. The smallest absolute Gasteiger partial charge is 0.119 e. The number of rotatable bonds is 4. The largest absolute Gasteiger partial charge is 0.497 e. The minimum absolute atomic E-state index is 0.170. The van der Waals surface area contributed by atoms with Crippen LogP contribution in [0.2, 0.25) is 0 Å². The van der Waals surface area contributed by atoms with E-state index < -0.39 is 0 Å². The summed E-state index contributed by atoms with van der Waals surface area (Å²) in [5.41, 5.74) is 1.48. The summed E-state index contributed by atoms with van der Waals surface area (Å²) in [7, 11) is 1.69. The second kappa shape index (κ2) is 4.10. The van der Waals surface area contributed by atoms with Crippen molar-refractivity contribution in [3.05, 3.63) is 29.8 Å². The Morgan fingerprint density at radius 2 is 2.25 bits per heavy atom. The first-order valence-corrected chi connectivity index (χ1v) is 5.90. The summed E-state index contributed by atoms with van der Waals surface area (Å²) in [4.78, 5) is 0. The third-order valence-electron chi connectivity index (χ3n) is 4.01. The molecule has 0 radical (unpaired) electrons. The second-order valence-electron chi connectivity index (χ2n) is 5.01. The average Bonchev–Trinajstić information content (AvgIpc) is 3.05. The summed E-state index contributed by atoms with van der Waals surface area (Å²) in [6.07, 6.45) is 1.09. The molecule has 0 spiro atoms. The van der Waals surface area contributed by atoms with E-state index in [1.165, 1.54) is 5.56 Å². The zero-order valence-electron chi connectivity index (χ0n) is 10.2. The molecule has 1 saturated carbocycles. The Kier molecular flexibility index (Phi) is 2.94. The van der Waals surface area contributed by atoms with Gasteiger partial charge < -0.3 is 9.84 Å². The van der Waals surface area contributed by atoms with Crippen LogP contribution in [0.4, 0.5) is 0 Å². The highest BCUT2D eigenvalue weighted by molar-refractivity contribution is 5.39. The van der Waals surface area contributed by atoms with Gasteiger partial charge in [0.15, 0.2) is 0 Å². The summed E-state index contributed by atoms with van der Waals surface area (Å²) in [6, 6.07) is 8.26. The molecule has 2 atom stereocenters. The van der Waals surface area contributed by atoms with Gasteiger partial charge in [0.2, 0.25) is 0 Å². The lowest BCUT2D eigenvalue weighted by Crippen LogP contribution is -2.19. The number of hydrogen-bond donors (Lipinski definition) is 1. The highest BCUT2D eigenvalue weighted by Gasteiger charge is 2.56. The van der Waals surface area contributed by atoms with Crippen molar-refractivity contribution in [3.63, 3.8) is 0 Å². The van der Waals surface area contributed by atoms with Crippen LogP contribution in [-0.4, -0.2) is 18.8 Å². The number of aliphatic hydroxyl groups is 1. The zero-order valence-corrected chi connectivity index (χ0v) is 10.2. The average molecular weight is 220 g/mol. The van der Waals surface area contributed by atoms with Crippen molar-refractivity contribution in [2.24, 2.45) is 11.8 Å². The topological polar surface area (TPSA) is 29.5 Å². The second-order valence-corrected chi connectivity index (χ2v) is 5.01. The maximum atomic E-state index is 9.35. The van der Waals surface area contributed by atoms with Gasteiger partial charge in [0.25, 0.3) is 0 Å². The molecule has 1 fully saturated rings. The molecule has 1 N–H and O–H groups in total. The SMILES string of the molecule is COc1cccc(C2(C(C)C)CC2CO)c1. The third-order valence-corrected chi connectivity index (χ3v) is 4.01. The normalized spacial score (nSPS) is 28.2. The quantitative estimate of drug-likeness (QED) is 0.845. The van der Waals surface area contributed by atoms with Gasteiger partial charge in [-0.2, -0.15) is 0 Å². The molecule has 16 heavy (non-hydrogen) atoms. The van der Waals surface area contributed by atoms with Crippen LogP contribution in [0, 0.1) is 11.8 Å². The molecule has 0 aliphatic heterocycles. The number of aliphatic hydroxyl groups excluding tert-OH is 1. The predicted molar refractivity (Wildman–Crippen MR) is 64.7 cm³/mol. The zero-order chi connectivity index (χ0) is 11.8. The highest BCUT2D eigenvalue weighted by atomic mass is 16.5. The Hall–Kier alpha value is -1.02. The lowest BCUT2D eigenvalue weighted by molar-refractivity contribution is 0.252. The molecule has 0 amide bonds. The first kappa shape index (κ1) is 11.5. The van der Waals surface area contributed by atoms with Crippen LogP contribution < -0.4 is 4.74 Å². The Morgan fingerprint density at radius 3 is 2.75 bits per heavy atom. The molecule has 2 unspecified atom stereocenters. The molecule has 0 bridgehead atoms. The molecule has 1 aromatic carbocycles. The molecule has 2 rings (SSSR count).